The lowest BCUT2D eigenvalue weighted by Gasteiger charge is -2.22. The van der Waals surface area contributed by atoms with Crippen LogP contribution in [0.5, 0.6) is 0 Å². The summed E-state index contributed by atoms with van der Waals surface area (Å²) in [5.41, 5.74) is 2.71. The van der Waals surface area contributed by atoms with E-state index in [9.17, 15) is 0 Å². The average molecular weight is 270 g/mol. The van der Waals surface area contributed by atoms with Crippen molar-refractivity contribution in [2.75, 3.05) is 18.5 Å². The van der Waals surface area contributed by atoms with Gasteiger partial charge < -0.3 is 4.90 Å². The van der Waals surface area contributed by atoms with Gasteiger partial charge in [-0.15, -0.1) is 0 Å². The molecule has 0 aliphatic rings. The molecule has 0 radical (unpaired) electrons. The van der Waals surface area contributed by atoms with Gasteiger partial charge >= 0.3 is 0 Å². The Morgan fingerprint density at radius 2 is 1.93 bits per heavy atom. The summed E-state index contributed by atoms with van der Waals surface area (Å²) in [5.74, 6) is 0.767. The lowest BCUT2D eigenvalue weighted by Crippen LogP contribution is -2.20. The van der Waals surface area contributed by atoms with Gasteiger partial charge in [0.15, 0.2) is 0 Å². The topological polar surface area (TPSA) is 3.24 Å². The number of hydrogen-bond donors (Lipinski definition) is 0. The van der Waals surface area contributed by atoms with Crippen molar-refractivity contribution in [3.63, 3.8) is 0 Å². The van der Waals surface area contributed by atoms with Gasteiger partial charge in [0.05, 0.1) is 0 Å². The lowest BCUT2D eigenvalue weighted by molar-refractivity contribution is 0.585. The van der Waals surface area contributed by atoms with Crippen LogP contribution in [0.1, 0.15) is 25.8 Å². The monoisotopic (exact) mass is 269 g/mol. The molecular formula is C13H20BrN. The fourth-order valence-electron chi connectivity index (χ4n) is 1.57. The maximum atomic E-state index is 3.53. The van der Waals surface area contributed by atoms with Crippen LogP contribution in [0, 0.1) is 5.92 Å². The highest BCUT2D eigenvalue weighted by atomic mass is 79.9. The van der Waals surface area contributed by atoms with Crippen LogP contribution in [0.3, 0.4) is 0 Å². The van der Waals surface area contributed by atoms with E-state index in [1.54, 1.807) is 0 Å². The maximum absolute atomic E-state index is 3.53. The van der Waals surface area contributed by atoms with Crippen LogP contribution in [0.2, 0.25) is 0 Å². The Kier molecular flexibility index (Phi) is 5.16. The summed E-state index contributed by atoms with van der Waals surface area (Å²) >= 11 is 3.53. The van der Waals surface area contributed by atoms with Crippen molar-refractivity contribution < 1.29 is 0 Å². The zero-order valence-electron chi connectivity index (χ0n) is 9.83. The highest BCUT2D eigenvalue weighted by molar-refractivity contribution is 9.08. The van der Waals surface area contributed by atoms with Crippen molar-refractivity contribution >= 4 is 21.6 Å². The molecule has 0 spiro atoms. The van der Waals surface area contributed by atoms with Gasteiger partial charge in [-0.3, -0.25) is 0 Å². The molecule has 2 heteroatoms. The predicted octanol–water partition coefficient (Wildman–Crippen LogP) is 4.06. The van der Waals surface area contributed by atoms with Gasteiger partial charge in [-0.05, 0) is 24.0 Å². The van der Waals surface area contributed by atoms with E-state index in [4.69, 9.17) is 0 Å². The minimum absolute atomic E-state index is 0.767. The van der Waals surface area contributed by atoms with E-state index < -0.39 is 0 Å². The lowest BCUT2D eigenvalue weighted by atomic mass is 10.1. The predicted molar refractivity (Wildman–Crippen MR) is 71.8 cm³/mol. The standard InChI is InChI=1S/C13H20BrN/c1-11(2)8-9-15(3)13-7-5-4-6-12(13)10-14/h4-7,11H,8-10H2,1-3H3. The van der Waals surface area contributed by atoms with E-state index >= 15 is 0 Å². The first-order valence-electron chi connectivity index (χ1n) is 5.50. The largest absolute Gasteiger partial charge is 0.374 e. The highest BCUT2D eigenvalue weighted by Crippen LogP contribution is 2.22. The molecule has 0 fully saturated rings. The first-order valence-corrected chi connectivity index (χ1v) is 6.62. The summed E-state index contributed by atoms with van der Waals surface area (Å²) in [4.78, 5) is 2.34. The summed E-state index contributed by atoms with van der Waals surface area (Å²) in [7, 11) is 2.17. The Morgan fingerprint density at radius 1 is 1.27 bits per heavy atom. The minimum Gasteiger partial charge on any atom is -0.374 e. The summed E-state index contributed by atoms with van der Waals surface area (Å²) in [6.07, 6.45) is 1.24. The summed E-state index contributed by atoms with van der Waals surface area (Å²) in [6.45, 7) is 5.66. The molecule has 84 valence electrons. The molecule has 0 aliphatic heterocycles. The molecule has 15 heavy (non-hydrogen) atoms. The van der Waals surface area contributed by atoms with E-state index in [2.05, 4.69) is 66.0 Å². The Bertz CT molecular complexity index is 296. The van der Waals surface area contributed by atoms with Gasteiger partial charge in [0, 0.05) is 24.6 Å². The van der Waals surface area contributed by atoms with Crippen LogP contribution in [-0.4, -0.2) is 13.6 Å². The number of nitrogens with zero attached hydrogens (tertiary/aromatic N) is 1. The number of halogens is 1. The second kappa shape index (κ2) is 6.16. The van der Waals surface area contributed by atoms with Gasteiger partial charge in [-0.25, -0.2) is 0 Å². The van der Waals surface area contributed by atoms with Crippen LogP contribution >= 0.6 is 15.9 Å². The van der Waals surface area contributed by atoms with E-state index in [1.165, 1.54) is 17.7 Å². The third kappa shape index (κ3) is 3.86. The van der Waals surface area contributed by atoms with E-state index in [1.807, 2.05) is 0 Å². The zero-order chi connectivity index (χ0) is 11.3. The summed E-state index contributed by atoms with van der Waals surface area (Å²) < 4.78 is 0. The van der Waals surface area contributed by atoms with Gasteiger partial charge in [0.25, 0.3) is 0 Å². The molecule has 0 amide bonds. The van der Waals surface area contributed by atoms with Crippen molar-refractivity contribution in [3.05, 3.63) is 29.8 Å². The Labute approximate surface area is 102 Å². The molecule has 0 unspecified atom stereocenters. The maximum Gasteiger partial charge on any atom is 0.0404 e. The highest BCUT2D eigenvalue weighted by Gasteiger charge is 2.06. The van der Waals surface area contributed by atoms with Crippen molar-refractivity contribution in [2.24, 2.45) is 5.92 Å². The molecule has 1 nitrogen and oxygen atoms in total. The fraction of sp³-hybridized carbons (Fsp3) is 0.538. The first-order chi connectivity index (χ1) is 7.15. The molecule has 1 aromatic carbocycles. The van der Waals surface area contributed by atoms with Crippen LogP contribution < -0.4 is 4.90 Å². The van der Waals surface area contributed by atoms with Crippen molar-refractivity contribution in [3.8, 4) is 0 Å². The molecular weight excluding hydrogens is 250 g/mol. The number of para-hydroxylation sites is 1. The Morgan fingerprint density at radius 3 is 2.53 bits per heavy atom. The first kappa shape index (κ1) is 12.6. The number of anilines is 1. The molecule has 0 atom stereocenters. The molecule has 1 aromatic rings. The quantitative estimate of drug-likeness (QED) is 0.729. The Balaban J connectivity index is 2.68. The Hall–Kier alpha value is -0.500. The number of rotatable bonds is 5. The molecule has 0 bridgehead atoms. The van der Waals surface area contributed by atoms with E-state index in [0.717, 1.165) is 17.8 Å². The number of benzene rings is 1. The third-order valence-corrected chi connectivity index (χ3v) is 3.19. The summed E-state index contributed by atoms with van der Waals surface area (Å²) in [5, 5.41) is 0.926. The number of hydrogen-bond acceptors (Lipinski definition) is 1. The number of alkyl halides is 1. The minimum atomic E-state index is 0.767. The van der Waals surface area contributed by atoms with Crippen LogP contribution in [0.25, 0.3) is 0 Å². The van der Waals surface area contributed by atoms with Gasteiger partial charge in [0.1, 0.15) is 0 Å². The normalized spacial score (nSPS) is 10.7. The average Bonchev–Trinajstić information content (AvgIpc) is 2.25. The van der Waals surface area contributed by atoms with Crippen LogP contribution in [0.4, 0.5) is 5.69 Å². The molecule has 0 N–H and O–H groups in total. The second-order valence-electron chi connectivity index (χ2n) is 4.37. The molecule has 0 aliphatic carbocycles. The zero-order valence-corrected chi connectivity index (χ0v) is 11.4. The van der Waals surface area contributed by atoms with Crippen LogP contribution in [0.15, 0.2) is 24.3 Å². The molecule has 0 heterocycles. The van der Waals surface area contributed by atoms with Crippen molar-refractivity contribution in [2.45, 2.75) is 25.6 Å². The van der Waals surface area contributed by atoms with Crippen molar-refractivity contribution in [1.82, 2.24) is 0 Å². The molecule has 0 aromatic heterocycles. The molecule has 0 saturated heterocycles. The fourth-order valence-corrected chi connectivity index (χ4v) is 2.04. The van der Waals surface area contributed by atoms with Gasteiger partial charge in [-0.1, -0.05) is 48.0 Å². The van der Waals surface area contributed by atoms with Crippen molar-refractivity contribution in [1.29, 1.82) is 0 Å². The van der Waals surface area contributed by atoms with Crippen LogP contribution in [-0.2, 0) is 5.33 Å². The molecule has 1 rings (SSSR count). The summed E-state index contributed by atoms with van der Waals surface area (Å²) in [6, 6.07) is 8.57. The van der Waals surface area contributed by atoms with E-state index in [0.29, 0.717) is 0 Å². The SMILES string of the molecule is CC(C)CCN(C)c1ccccc1CBr. The molecule has 0 saturated carbocycles. The van der Waals surface area contributed by atoms with E-state index in [-0.39, 0.29) is 0 Å². The second-order valence-corrected chi connectivity index (χ2v) is 4.93. The smallest absolute Gasteiger partial charge is 0.0404 e. The third-order valence-electron chi connectivity index (χ3n) is 2.59. The van der Waals surface area contributed by atoms with Gasteiger partial charge in [0.2, 0.25) is 0 Å². The van der Waals surface area contributed by atoms with Gasteiger partial charge in [-0.2, -0.15) is 0 Å².